The number of aryl methyl sites for hydroxylation is 1. The van der Waals surface area contributed by atoms with Crippen molar-refractivity contribution in [1.82, 2.24) is 0 Å². The van der Waals surface area contributed by atoms with Crippen molar-refractivity contribution in [1.29, 1.82) is 0 Å². The third-order valence-electron chi connectivity index (χ3n) is 4.36. The fourth-order valence-electron chi connectivity index (χ4n) is 2.21. The molecule has 0 bridgehead atoms. The molecule has 0 radical (unpaired) electrons. The summed E-state index contributed by atoms with van der Waals surface area (Å²) >= 11 is 0. The predicted octanol–water partition coefficient (Wildman–Crippen LogP) is 3.18. The molecule has 1 unspecified atom stereocenters. The lowest BCUT2D eigenvalue weighted by atomic mass is 9.83. The zero-order valence-electron chi connectivity index (χ0n) is 11.0. The molecule has 0 amide bonds. The maximum Gasteiger partial charge on any atom is 0.118 e. The summed E-state index contributed by atoms with van der Waals surface area (Å²) in [5.41, 5.74) is 0.877. The van der Waals surface area contributed by atoms with E-state index in [9.17, 15) is 5.11 Å². The van der Waals surface area contributed by atoms with Gasteiger partial charge < -0.3 is 9.84 Å². The third-order valence-corrected chi connectivity index (χ3v) is 4.36. The van der Waals surface area contributed by atoms with Crippen molar-refractivity contribution < 1.29 is 9.84 Å². The van der Waals surface area contributed by atoms with Gasteiger partial charge in [0.1, 0.15) is 5.75 Å². The number of rotatable bonds is 5. The van der Waals surface area contributed by atoms with Crippen LogP contribution in [0.25, 0.3) is 0 Å². The Morgan fingerprint density at radius 1 is 1.29 bits per heavy atom. The fourth-order valence-corrected chi connectivity index (χ4v) is 2.21. The second kappa shape index (κ2) is 4.34. The Bertz CT molecular complexity index is 374. The molecule has 1 fully saturated rings. The van der Waals surface area contributed by atoms with Gasteiger partial charge in [0.2, 0.25) is 0 Å². The molecule has 1 N–H and O–H groups in total. The first-order valence-corrected chi connectivity index (χ1v) is 6.32. The SMILES string of the molecule is COc1ccc(CCC(C)(O)C2(C)CC2)cc1. The number of methoxy groups -OCH3 is 1. The van der Waals surface area contributed by atoms with Gasteiger partial charge in [0, 0.05) is 0 Å². The van der Waals surface area contributed by atoms with Crippen LogP contribution in [0.5, 0.6) is 5.75 Å². The zero-order valence-corrected chi connectivity index (χ0v) is 11.0. The Morgan fingerprint density at radius 3 is 2.35 bits per heavy atom. The van der Waals surface area contributed by atoms with Crippen molar-refractivity contribution >= 4 is 0 Å². The summed E-state index contributed by atoms with van der Waals surface area (Å²) in [5, 5.41) is 10.5. The van der Waals surface area contributed by atoms with Crippen LogP contribution in [0, 0.1) is 5.41 Å². The summed E-state index contributed by atoms with van der Waals surface area (Å²) in [5.74, 6) is 0.884. The fraction of sp³-hybridized carbons (Fsp3) is 0.600. The third kappa shape index (κ3) is 2.63. The molecule has 0 saturated heterocycles. The number of benzene rings is 1. The minimum atomic E-state index is -0.535. The van der Waals surface area contributed by atoms with Crippen LogP contribution in [0.2, 0.25) is 0 Å². The lowest BCUT2D eigenvalue weighted by Gasteiger charge is -2.30. The topological polar surface area (TPSA) is 29.5 Å². The Balaban J connectivity index is 1.93. The molecule has 1 aliphatic carbocycles. The number of ether oxygens (including phenoxy) is 1. The summed E-state index contributed by atoms with van der Waals surface area (Å²) < 4.78 is 5.13. The van der Waals surface area contributed by atoms with Crippen LogP contribution >= 0.6 is 0 Å². The van der Waals surface area contributed by atoms with Gasteiger partial charge >= 0.3 is 0 Å². The molecule has 2 nitrogen and oxygen atoms in total. The molecule has 1 aromatic rings. The molecule has 0 aliphatic heterocycles. The number of hydrogen-bond acceptors (Lipinski definition) is 2. The highest BCUT2D eigenvalue weighted by atomic mass is 16.5. The van der Waals surface area contributed by atoms with Crippen molar-refractivity contribution in [2.75, 3.05) is 7.11 Å². The molecule has 17 heavy (non-hydrogen) atoms. The van der Waals surface area contributed by atoms with E-state index in [4.69, 9.17) is 4.74 Å². The van der Waals surface area contributed by atoms with Gasteiger partial charge in [0.05, 0.1) is 12.7 Å². The van der Waals surface area contributed by atoms with Crippen LogP contribution in [0.15, 0.2) is 24.3 Å². The minimum absolute atomic E-state index is 0.152. The summed E-state index contributed by atoms with van der Waals surface area (Å²) in [4.78, 5) is 0. The second-order valence-corrected chi connectivity index (χ2v) is 5.68. The number of aliphatic hydroxyl groups is 1. The van der Waals surface area contributed by atoms with Crippen LogP contribution in [-0.4, -0.2) is 17.8 Å². The van der Waals surface area contributed by atoms with Crippen LogP contribution in [-0.2, 0) is 6.42 Å². The van der Waals surface area contributed by atoms with Crippen LogP contribution in [0.4, 0.5) is 0 Å². The zero-order chi connectivity index (χ0) is 12.5. The summed E-state index contributed by atoms with van der Waals surface area (Å²) in [7, 11) is 1.67. The average Bonchev–Trinajstić information content (AvgIpc) is 3.07. The van der Waals surface area contributed by atoms with Crippen molar-refractivity contribution in [2.24, 2.45) is 5.41 Å². The van der Waals surface area contributed by atoms with Crippen molar-refractivity contribution in [3.05, 3.63) is 29.8 Å². The first-order chi connectivity index (χ1) is 7.97. The molecule has 1 aromatic carbocycles. The molecule has 0 aromatic heterocycles. The maximum atomic E-state index is 10.5. The lowest BCUT2D eigenvalue weighted by molar-refractivity contribution is -0.0149. The van der Waals surface area contributed by atoms with E-state index in [2.05, 4.69) is 19.1 Å². The molecule has 94 valence electrons. The normalized spacial score (nSPS) is 20.7. The van der Waals surface area contributed by atoms with E-state index in [1.807, 2.05) is 19.1 Å². The van der Waals surface area contributed by atoms with Gasteiger partial charge in [-0.25, -0.2) is 0 Å². The highest BCUT2D eigenvalue weighted by Crippen LogP contribution is 2.54. The molecule has 0 heterocycles. The molecule has 1 saturated carbocycles. The Labute approximate surface area is 104 Å². The largest absolute Gasteiger partial charge is 0.497 e. The maximum absolute atomic E-state index is 10.5. The van der Waals surface area contributed by atoms with Gasteiger partial charge in [-0.2, -0.15) is 0 Å². The highest BCUT2D eigenvalue weighted by molar-refractivity contribution is 5.27. The van der Waals surface area contributed by atoms with Gasteiger partial charge in [-0.1, -0.05) is 19.1 Å². The summed E-state index contributed by atoms with van der Waals surface area (Å²) in [6.45, 7) is 4.16. The van der Waals surface area contributed by atoms with Gasteiger partial charge in [-0.15, -0.1) is 0 Å². The van der Waals surface area contributed by atoms with Gasteiger partial charge in [-0.3, -0.25) is 0 Å². The molecular formula is C15H22O2. The predicted molar refractivity (Wildman–Crippen MR) is 69.3 cm³/mol. The average molecular weight is 234 g/mol. The van der Waals surface area contributed by atoms with E-state index in [-0.39, 0.29) is 5.41 Å². The molecule has 2 rings (SSSR count). The Kier molecular flexibility index (Phi) is 3.17. The van der Waals surface area contributed by atoms with Crippen molar-refractivity contribution in [3.8, 4) is 5.75 Å². The van der Waals surface area contributed by atoms with Gasteiger partial charge in [0.15, 0.2) is 0 Å². The van der Waals surface area contributed by atoms with Crippen molar-refractivity contribution in [2.45, 2.75) is 45.1 Å². The molecule has 2 heteroatoms. The highest BCUT2D eigenvalue weighted by Gasteiger charge is 2.51. The Hall–Kier alpha value is -1.02. The van der Waals surface area contributed by atoms with E-state index in [1.54, 1.807) is 7.11 Å². The van der Waals surface area contributed by atoms with Gasteiger partial charge in [-0.05, 0) is 55.7 Å². The quantitative estimate of drug-likeness (QED) is 0.848. The second-order valence-electron chi connectivity index (χ2n) is 5.68. The van der Waals surface area contributed by atoms with E-state index in [0.29, 0.717) is 0 Å². The standard InChI is InChI=1S/C15H22O2/c1-14(10-11-14)15(2,16)9-8-12-4-6-13(17-3)7-5-12/h4-7,16H,8-11H2,1-3H3. The van der Waals surface area contributed by atoms with Crippen LogP contribution in [0.3, 0.4) is 0 Å². The van der Waals surface area contributed by atoms with Crippen LogP contribution < -0.4 is 4.74 Å². The van der Waals surface area contributed by atoms with Crippen molar-refractivity contribution in [3.63, 3.8) is 0 Å². The van der Waals surface area contributed by atoms with E-state index in [0.717, 1.165) is 31.4 Å². The molecule has 1 aliphatic rings. The first-order valence-electron chi connectivity index (χ1n) is 6.32. The smallest absolute Gasteiger partial charge is 0.118 e. The minimum Gasteiger partial charge on any atom is -0.497 e. The lowest BCUT2D eigenvalue weighted by Crippen LogP contribution is -2.34. The molecule has 1 atom stereocenters. The van der Waals surface area contributed by atoms with E-state index in [1.165, 1.54) is 5.56 Å². The number of hydrogen-bond donors (Lipinski definition) is 1. The first kappa shape index (κ1) is 12.4. The van der Waals surface area contributed by atoms with E-state index < -0.39 is 5.60 Å². The monoisotopic (exact) mass is 234 g/mol. The Morgan fingerprint density at radius 2 is 1.88 bits per heavy atom. The van der Waals surface area contributed by atoms with Gasteiger partial charge in [0.25, 0.3) is 0 Å². The summed E-state index contributed by atoms with van der Waals surface area (Å²) in [6.07, 6.45) is 4.06. The molecule has 0 spiro atoms. The summed E-state index contributed by atoms with van der Waals surface area (Å²) in [6, 6.07) is 8.10. The molecular weight excluding hydrogens is 212 g/mol. The van der Waals surface area contributed by atoms with Crippen LogP contribution in [0.1, 0.15) is 38.7 Å². The van der Waals surface area contributed by atoms with E-state index >= 15 is 0 Å².